The van der Waals surface area contributed by atoms with Gasteiger partial charge in [0, 0.05) is 41.9 Å². The van der Waals surface area contributed by atoms with Crippen molar-refractivity contribution in [3.63, 3.8) is 0 Å². The molecule has 0 aliphatic rings. The zero-order chi connectivity index (χ0) is 27.4. The Kier molecular flexibility index (Phi) is 7.79. The van der Waals surface area contributed by atoms with E-state index in [-0.39, 0.29) is 5.88 Å². The molecule has 0 radical (unpaired) electrons. The van der Waals surface area contributed by atoms with E-state index in [4.69, 9.17) is 9.73 Å². The second-order valence-electron chi connectivity index (χ2n) is 8.96. The number of aromatic hydroxyl groups is 1. The summed E-state index contributed by atoms with van der Waals surface area (Å²) in [5, 5.41) is 11.5. The minimum absolute atomic E-state index is 0.117. The summed E-state index contributed by atoms with van der Waals surface area (Å²) in [6.45, 7) is 0.877. The first-order valence-corrected chi connectivity index (χ1v) is 13.6. The van der Waals surface area contributed by atoms with Crippen LogP contribution in [0.1, 0.15) is 21.5 Å². The average molecular weight is 536 g/mol. The number of sulfonamides is 1. The topological polar surface area (TPSA) is 128 Å². The third kappa shape index (κ3) is 5.84. The molecule has 0 aliphatic carbocycles. The summed E-state index contributed by atoms with van der Waals surface area (Å²) in [7, 11) is 1.60. The summed E-state index contributed by atoms with van der Waals surface area (Å²) in [6, 6.07) is 15.4. The molecular formula is C27H29N5O5S. The Bertz CT molecular complexity index is 1580. The molecule has 2 aromatic carbocycles. The first-order chi connectivity index (χ1) is 18.1. The van der Waals surface area contributed by atoms with Gasteiger partial charge in [-0.3, -0.25) is 9.29 Å². The fraction of sp³-hybridized carbons (Fsp3) is 0.222. The fourth-order valence-corrected chi connectivity index (χ4v) is 4.95. The van der Waals surface area contributed by atoms with E-state index in [0.29, 0.717) is 57.8 Å². The summed E-state index contributed by atoms with van der Waals surface area (Å²) < 4.78 is 31.0. The third-order valence-electron chi connectivity index (χ3n) is 5.90. The number of H-pyrrole nitrogens is 1. The van der Waals surface area contributed by atoms with Crippen molar-refractivity contribution in [1.29, 1.82) is 0 Å². The van der Waals surface area contributed by atoms with Gasteiger partial charge in [-0.15, -0.1) is 0 Å². The van der Waals surface area contributed by atoms with Crippen LogP contribution in [0.4, 0.5) is 11.4 Å². The maximum atomic E-state index is 12.4. The van der Waals surface area contributed by atoms with Crippen molar-refractivity contribution in [1.82, 2.24) is 14.9 Å². The van der Waals surface area contributed by atoms with Gasteiger partial charge in [0.15, 0.2) is 5.88 Å². The number of carbonyl (C=O) groups is 1. The number of aromatic amines is 1. The zero-order valence-corrected chi connectivity index (χ0v) is 22.4. The number of methoxy groups -OCH3 is 1. The molecule has 11 heteroatoms. The molecule has 2 N–H and O–H groups in total. The van der Waals surface area contributed by atoms with Crippen molar-refractivity contribution in [2.24, 2.45) is 4.99 Å². The van der Waals surface area contributed by atoms with E-state index >= 15 is 0 Å². The first-order valence-electron chi connectivity index (χ1n) is 11.7. The molecule has 0 saturated carbocycles. The van der Waals surface area contributed by atoms with Crippen molar-refractivity contribution in [2.75, 3.05) is 44.9 Å². The van der Waals surface area contributed by atoms with Gasteiger partial charge in [-0.25, -0.2) is 18.2 Å². The van der Waals surface area contributed by atoms with Gasteiger partial charge < -0.3 is 19.7 Å². The number of fused-ring (bicyclic) bond motifs is 1. The summed E-state index contributed by atoms with van der Waals surface area (Å²) >= 11 is 0. The molecule has 38 heavy (non-hydrogen) atoms. The smallest absolute Gasteiger partial charge is 0.337 e. The molecule has 2 aromatic heterocycles. The van der Waals surface area contributed by atoms with E-state index in [2.05, 4.69) is 9.97 Å². The number of likely N-dealkylation sites (N-methyl/N-ethyl adjacent to an activating group) is 1. The Hall–Kier alpha value is -4.22. The molecule has 0 aliphatic heterocycles. The molecule has 10 nitrogen and oxygen atoms in total. The van der Waals surface area contributed by atoms with Crippen LogP contribution in [0.5, 0.6) is 5.88 Å². The number of ether oxygens (including phenoxy) is 1. The fourth-order valence-electron chi connectivity index (χ4n) is 4.04. The quantitative estimate of drug-likeness (QED) is 0.248. The summed E-state index contributed by atoms with van der Waals surface area (Å²) in [5.41, 5.74) is 3.51. The standard InChI is InChI=1S/C27H29N5O5S/c1-31(2)14-15-32(38(4,35)36)21-10-8-20(9-11-21)29-25(19-6-5-13-28-17-19)24-22-12-7-18(27(34)37-3)16-23(22)30-26(24)33/h5-13,16-17,30,33H,14-15H2,1-4H3. The highest BCUT2D eigenvalue weighted by Crippen LogP contribution is 2.32. The third-order valence-corrected chi connectivity index (χ3v) is 7.09. The number of anilines is 1. The Morgan fingerprint density at radius 1 is 1.08 bits per heavy atom. The molecule has 198 valence electrons. The van der Waals surface area contributed by atoms with E-state index < -0.39 is 16.0 Å². The molecule has 0 spiro atoms. The van der Waals surface area contributed by atoms with Crippen LogP contribution in [0.15, 0.2) is 72.0 Å². The highest BCUT2D eigenvalue weighted by Gasteiger charge is 2.21. The Balaban J connectivity index is 1.80. The van der Waals surface area contributed by atoms with Crippen LogP contribution in [-0.2, 0) is 14.8 Å². The molecule has 4 rings (SSSR count). The van der Waals surface area contributed by atoms with E-state index in [1.165, 1.54) is 17.7 Å². The maximum Gasteiger partial charge on any atom is 0.337 e. The molecule has 2 heterocycles. The van der Waals surface area contributed by atoms with Crippen molar-refractivity contribution in [3.8, 4) is 5.88 Å². The van der Waals surface area contributed by atoms with Gasteiger partial charge in [-0.2, -0.15) is 0 Å². The minimum Gasteiger partial charge on any atom is -0.494 e. The second-order valence-corrected chi connectivity index (χ2v) is 10.9. The highest BCUT2D eigenvalue weighted by molar-refractivity contribution is 7.92. The molecule has 0 atom stereocenters. The lowest BCUT2D eigenvalue weighted by Crippen LogP contribution is -2.35. The van der Waals surface area contributed by atoms with Gasteiger partial charge in [0.25, 0.3) is 0 Å². The van der Waals surface area contributed by atoms with Crippen LogP contribution in [-0.4, -0.2) is 80.6 Å². The van der Waals surface area contributed by atoms with Gasteiger partial charge in [-0.1, -0.05) is 6.07 Å². The van der Waals surface area contributed by atoms with Crippen molar-refractivity contribution >= 4 is 44.0 Å². The number of nitrogens with one attached hydrogen (secondary N) is 1. The van der Waals surface area contributed by atoms with Crippen molar-refractivity contribution in [3.05, 3.63) is 83.7 Å². The maximum absolute atomic E-state index is 12.4. The predicted molar refractivity (Wildman–Crippen MR) is 148 cm³/mol. The Labute approximate surface area is 221 Å². The lowest BCUT2D eigenvalue weighted by Gasteiger charge is -2.24. The summed E-state index contributed by atoms with van der Waals surface area (Å²) in [4.78, 5) is 25.8. The van der Waals surface area contributed by atoms with Crippen LogP contribution >= 0.6 is 0 Å². The molecule has 0 unspecified atom stereocenters. The lowest BCUT2D eigenvalue weighted by atomic mass is 10.0. The normalized spacial score (nSPS) is 12.2. The van der Waals surface area contributed by atoms with Crippen LogP contribution in [0, 0.1) is 0 Å². The van der Waals surface area contributed by atoms with Gasteiger partial charge in [0.2, 0.25) is 10.0 Å². The summed E-state index contributed by atoms with van der Waals surface area (Å²) in [5.74, 6) is -0.606. The number of benzene rings is 2. The highest BCUT2D eigenvalue weighted by atomic mass is 32.2. The number of pyridine rings is 1. The van der Waals surface area contributed by atoms with E-state index in [9.17, 15) is 18.3 Å². The van der Waals surface area contributed by atoms with Crippen LogP contribution in [0.2, 0.25) is 0 Å². The van der Waals surface area contributed by atoms with Crippen LogP contribution in [0.3, 0.4) is 0 Å². The zero-order valence-electron chi connectivity index (χ0n) is 21.5. The SMILES string of the molecule is COC(=O)c1ccc2c(C(=Nc3ccc(N(CCN(C)C)S(C)(=O)=O)cc3)c3cccnc3)c(O)[nH]c2c1. The lowest BCUT2D eigenvalue weighted by molar-refractivity contribution is 0.0601. The van der Waals surface area contributed by atoms with E-state index in [1.54, 1.807) is 60.9 Å². The van der Waals surface area contributed by atoms with Gasteiger partial charge >= 0.3 is 5.97 Å². The molecule has 0 fully saturated rings. The number of esters is 1. The van der Waals surface area contributed by atoms with Crippen LogP contribution < -0.4 is 4.31 Å². The number of aromatic nitrogens is 2. The number of hydrogen-bond donors (Lipinski definition) is 2. The van der Waals surface area contributed by atoms with Crippen molar-refractivity contribution < 1.29 is 23.1 Å². The molecule has 0 amide bonds. The number of hydrogen-bond acceptors (Lipinski definition) is 8. The number of nitrogens with zero attached hydrogens (tertiary/aromatic N) is 4. The van der Waals surface area contributed by atoms with Gasteiger partial charge in [-0.05, 0) is 62.6 Å². The largest absolute Gasteiger partial charge is 0.494 e. The summed E-state index contributed by atoms with van der Waals surface area (Å²) in [6.07, 6.45) is 4.46. The number of aliphatic imine (C=N–C) groups is 1. The average Bonchev–Trinajstić information content (AvgIpc) is 3.21. The van der Waals surface area contributed by atoms with E-state index in [0.717, 1.165) is 0 Å². The minimum atomic E-state index is -3.48. The van der Waals surface area contributed by atoms with Crippen molar-refractivity contribution in [2.45, 2.75) is 0 Å². The molecule has 0 bridgehead atoms. The molecule has 4 aromatic rings. The molecule has 0 saturated heterocycles. The number of carbonyl (C=O) groups excluding carboxylic acids is 1. The molecular weight excluding hydrogens is 506 g/mol. The Morgan fingerprint density at radius 2 is 1.82 bits per heavy atom. The monoisotopic (exact) mass is 535 g/mol. The predicted octanol–water partition coefficient (Wildman–Crippen LogP) is 3.55. The Morgan fingerprint density at radius 3 is 2.42 bits per heavy atom. The van der Waals surface area contributed by atoms with E-state index in [1.807, 2.05) is 25.1 Å². The first kappa shape index (κ1) is 26.8. The van der Waals surface area contributed by atoms with Gasteiger partial charge in [0.05, 0.1) is 41.6 Å². The van der Waals surface area contributed by atoms with Gasteiger partial charge in [0.1, 0.15) is 0 Å². The van der Waals surface area contributed by atoms with Crippen LogP contribution in [0.25, 0.3) is 10.9 Å². The second kappa shape index (κ2) is 11.0. The number of rotatable bonds is 9.